The van der Waals surface area contributed by atoms with Gasteiger partial charge in [-0.1, -0.05) is 30.3 Å². The zero-order valence-electron chi connectivity index (χ0n) is 15.4. The average Bonchev–Trinajstić information content (AvgIpc) is 2.94. The summed E-state index contributed by atoms with van der Waals surface area (Å²) in [6.07, 6.45) is 2.34. The zero-order chi connectivity index (χ0) is 17.4. The first kappa shape index (κ1) is 16.9. The molecule has 0 radical (unpaired) electrons. The van der Waals surface area contributed by atoms with Gasteiger partial charge in [0.2, 0.25) is 0 Å². The smallest absolute Gasteiger partial charge is 0.160 e. The Kier molecular flexibility index (Phi) is 4.60. The predicted molar refractivity (Wildman–Crippen MR) is 99.6 cm³/mol. The second-order valence-electron chi connectivity index (χ2n) is 7.21. The molecule has 0 spiro atoms. The van der Waals surface area contributed by atoms with Gasteiger partial charge in [0.25, 0.3) is 0 Å². The van der Waals surface area contributed by atoms with Gasteiger partial charge in [0, 0.05) is 18.2 Å². The third-order valence-electron chi connectivity index (χ3n) is 5.52. The van der Waals surface area contributed by atoms with E-state index in [9.17, 15) is 4.79 Å². The third-order valence-corrected chi connectivity index (χ3v) is 5.52. The second-order valence-corrected chi connectivity index (χ2v) is 7.21. The fourth-order valence-electron chi connectivity index (χ4n) is 4.36. The zero-order valence-corrected chi connectivity index (χ0v) is 15.4. The standard InChI is InChI=1S/C22H27NO/c1-14-12-15(2)22(17(4)24)16(3)20(14)13-23(5)21-11-10-18-8-6-7-9-19(18)21/h6-9,12,21H,10-11,13H2,1-5H3. The van der Waals surface area contributed by atoms with Crippen molar-refractivity contribution < 1.29 is 4.79 Å². The van der Waals surface area contributed by atoms with Crippen LogP contribution in [0.3, 0.4) is 0 Å². The molecule has 0 amide bonds. The Morgan fingerprint density at radius 2 is 1.88 bits per heavy atom. The van der Waals surface area contributed by atoms with Gasteiger partial charge in [-0.15, -0.1) is 0 Å². The third kappa shape index (κ3) is 2.91. The molecular weight excluding hydrogens is 294 g/mol. The van der Waals surface area contributed by atoms with Gasteiger partial charge >= 0.3 is 0 Å². The highest BCUT2D eigenvalue weighted by molar-refractivity contribution is 5.97. The summed E-state index contributed by atoms with van der Waals surface area (Å²) >= 11 is 0. The molecule has 0 saturated carbocycles. The fourth-order valence-corrected chi connectivity index (χ4v) is 4.36. The minimum absolute atomic E-state index is 0.167. The SMILES string of the molecule is CC(=O)c1c(C)cc(C)c(CN(C)C2CCc3ccccc32)c1C. The molecule has 2 nitrogen and oxygen atoms in total. The number of aryl methyl sites for hydroxylation is 3. The summed E-state index contributed by atoms with van der Waals surface area (Å²) in [5, 5.41) is 0. The fraction of sp³-hybridized carbons (Fsp3) is 0.409. The number of benzene rings is 2. The summed E-state index contributed by atoms with van der Waals surface area (Å²) < 4.78 is 0. The average molecular weight is 321 g/mol. The highest BCUT2D eigenvalue weighted by atomic mass is 16.1. The van der Waals surface area contributed by atoms with Crippen molar-refractivity contribution >= 4 is 5.78 Å². The lowest BCUT2D eigenvalue weighted by atomic mass is 9.91. The molecule has 2 aromatic rings. The minimum Gasteiger partial charge on any atom is -0.295 e. The monoisotopic (exact) mass is 321 g/mol. The molecule has 0 fully saturated rings. The lowest BCUT2D eigenvalue weighted by Gasteiger charge is -2.27. The van der Waals surface area contributed by atoms with E-state index in [0.717, 1.165) is 29.7 Å². The molecule has 1 atom stereocenters. The van der Waals surface area contributed by atoms with Crippen LogP contribution in [0, 0.1) is 20.8 Å². The van der Waals surface area contributed by atoms with Crippen LogP contribution in [0.5, 0.6) is 0 Å². The maximum Gasteiger partial charge on any atom is 0.160 e. The highest BCUT2D eigenvalue weighted by Crippen LogP contribution is 2.36. The summed E-state index contributed by atoms with van der Waals surface area (Å²) in [6.45, 7) is 8.86. The maximum absolute atomic E-state index is 12.0. The Morgan fingerprint density at radius 3 is 2.58 bits per heavy atom. The van der Waals surface area contributed by atoms with Crippen molar-refractivity contribution in [2.24, 2.45) is 0 Å². The summed E-state index contributed by atoms with van der Waals surface area (Å²) in [7, 11) is 2.21. The molecule has 1 aliphatic rings. The Bertz CT molecular complexity index is 791. The van der Waals surface area contributed by atoms with Crippen LogP contribution in [-0.2, 0) is 13.0 Å². The van der Waals surface area contributed by atoms with Crippen LogP contribution in [0.25, 0.3) is 0 Å². The number of ketones is 1. The number of carbonyl (C=O) groups is 1. The van der Waals surface area contributed by atoms with Gasteiger partial charge in [-0.2, -0.15) is 0 Å². The van der Waals surface area contributed by atoms with Crippen molar-refractivity contribution in [3.8, 4) is 0 Å². The van der Waals surface area contributed by atoms with Crippen molar-refractivity contribution in [3.05, 3.63) is 69.3 Å². The molecule has 0 N–H and O–H groups in total. The lowest BCUT2D eigenvalue weighted by molar-refractivity contribution is 0.101. The van der Waals surface area contributed by atoms with Gasteiger partial charge in [-0.05, 0) is 81.0 Å². The van der Waals surface area contributed by atoms with Gasteiger partial charge < -0.3 is 0 Å². The molecule has 1 aliphatic carbocycles. The van der Waals surface area contributed by atoms with E-state index in [1.165, 1.54) is 28.7 Å². The molecule has 0 aliphatic heterocycles. The molecular formula is C22H27NO. The van der Waals surface area contributed by atoms with E-state index in [4.69, 9.17) is 0 Å². The number of nitrogens with zero attached hydrogens (tertiary/aromatic N) is 1. The molecule has 0 heterocycles. The van der Waals surface area contributed by atoms with Gasteiger partial charge in [0.1, 0.15) is 0 Å². The van der Waals surface area contributed by atoms with Crippen LogP contribution in [-0.4, -0.2) is 17.7 Å². The van der Waals surface area contributed by atoms with Crippen molar-refractivity contribution in [1.29, 1.82) is 0 Å². The van der Waals surface area contributed by atoms with E-state index in [1.807, 2.05) is 6.92 Å². The molecule has 2 heteroatoms. The van der Waals surface area contributed by atoms with Crippen LogP contribution in [0.4, 0.5) is 0 Å². The van der Waals surface area contributed by atoms with E-state index in [-0.39, 0.29) is 5.78 Å². The first-order chi connectivity index (χ1) is 11.4. The molecule has 3 rings (SSSR count). The second kappa shape index (κ2) is 6.52. The Hall–Kier alpha value is -1.93. The molecule has 2 aromatic carbocycles. The van der Waals surface area contributed by atoms with Crippen LogP contribution < -0.4 is 0 Å². The number of carbonyl (C=O) groups excluding carboxylic acids is 1. The minimum atomic E-state index is 0.167. The van der Waals surface area contributed by atoms with E-state index < -0.39 is 0 Å². The van der Waals surface area contributed by atoms with Gasteiger partial charge in [-0.3, -0.25) is 9.69 Å². The van der Waals surface area contributed by atoms with Crippen molar-refractivity contribution in [1.82, 2.24) is 4.90 Å². The Balaban J connectivity index is 1.92. The summed E-state index contributed by atoms with van der Waals surface area (Å²) in [5.41, 5.74) is 8.68. The van der Waals surface area contributed by atoms with Gasteiger partial charge in [0.15, 0.2) is 5.78 Å². The largest absolute Gasteiger partial charge is 0.295 e. The van der Waals surface area contributed by atoms with Crippen molar-refractivity contribution in [3.63, 3.8) is 0 Å². The van der Waals surface area contributed by atoms with Gasteiger partial charge in [-0.25, -0.2) is 0 Å². The Morgan fingerprint density at radius 1 is 1.17 bits per heavy atom. The topological polar surface area (TPSA) is 20.3 Å². The first-order valence-electron chi connectivity index (χ1n) is 8.78. The number of fused-ring (bicyclic) bond motifs is 1. The number of hydrogen-bond acceptors (Lipinski definition) is 2. The quantitative estimate of drug-likeness (QED) is 0.744. The van der Waals surface area contributed by atoms with Crippen molar-refractivity contribution in [2.45, 2.75) is 53.1 Å². The summed E-state index contributed by atoms with van der Waals surface area (Å²) in [6, 6.07) is 11.4. The molecule has 0 aromatic heterocycles. The number of Topliss-reactive ketones (excluding diaryl/α,β-unsaturated/α-hetero) is 1. The molecule has 0 bridgehead atoms. The lowest BCUT2D eigenvalue weighted by Crippen LogP contribution is -2.24. The van der Waals surface area contributed by atoms with E-state index in [0.29, 0.717) is 6.04 Å². The molecule has 1 unspecified atom stereocenters. The van der Waals surface area contributed by atoms with Gasteiger partial charge in [0.05, 0.1) is 0 Å². The molecule has 126 valence electrons. The molecule has 0 saturated heterocycles. The van der Waals surface area contributed by atoms with E-state index in [2.05, 4.69) is 56.1 Å². The van der Waals surface area contributed by atoms with Crippen LogP contribution >= 0.6 is 0 Å². The predicted octanol–water partition coefficient (Wildman–Crippen LogP) is 4.93. The summed E-state index contributed by atoms with van der Waals surface area (Å²) in [4.78, 5) is 14.5. The number of hydrogen-bond donors (Lipinski definition) is 0. The van der Waals surface area contributed by atoms with E-state index in [1.54, 1.807) is 6.92 Å². The van der Waals surface area contributed by atoms with Crippen LogP contribution in [0.2, 0.25) is 0 Å². The first-order valence-corrected chi connectivity index (χ1v) is 8.78. The molecule has 24 heavy (non-hydrogen) atoms. The highest BCUT2D eigenvalue weighted by Gasteiger charge is 2.26. The van der Waals surface area contributed by atoms with Crippen LogP contribution in [0.15, 0.2) is 30.3 Å². The summed E-state index contributed by atoms with van der Waals surface area (Å²) in [5.74, 6) is 0.167. The Labute approximate surface area is 145 Å². The number of rotatable bonds is 4. The maximum atomic E-state index is 12.0. The van der Waals surface area contributed by atoms with E-state index >= 15 is 0 Å². The normalized spacial score (nSPS) is 16.5. The van der Waals surface area contributed by atoms with Crippen LogP contribution in [0.1, 0.15) is 63.1 Å². The van der Waals surface area contributed by atoms with Crippen molar-refractivity contribution in [2.75, 3.05) is 7.05 Å².